The fourth-order valence-corrected chi connectivity index (χ4v) is 5.62. The zero-order chi connectivity index (χ0) is 31.1. The Bertz CT molecular complexity index is 1090. The monoisotopic (exact) mass is 586 g/mol. The summed E-state index contributed by atoms with van der Waals surface area (Å²) in [5.41, 5.74) is 0.418. The van der Waals surface area contributed by atoms with Gasteiger partial charge in [0.2, 0.25) is 11.8 Å². The van der Waals surface area contributed by atoms with E-state index in [1.165, 1.54) is 34.1 Å². The maximum atomic E-state index is 13.2. The highest BCUT2D eigenvalue weighted by Crippen LogP contribution is 2.22. The molecule has 12 nitrogen and oxygen atoms in total. The lowest BCUT2D eigenvalue weighted by Crippen LogP contribution is -2.52. The van der Waals surface area contributed by atoms with Crippen molar-refractivity contribution in [3.05, 3.63) is 35.4 Å². The molecule has 12 heteroatoms. The second-order valence-corrected chi connectivity index (χ2v) is 11.9. The van der Waals surface area contributed by atoms with Crippen LogP contribution in [-0.2, 0) is 19.2 Å². The van der Waals surface area contributed by atoms with Crippen molar-refractivity contribution in [3.8, 4) is 0 Å². The Kier molecular flexibility index (Phi) is 11.1. The van der Waals surface area contributed by atoms with E-state index in [1.807, 2.05) is 27.7 Å². The summed E-state index contributed by atoms with van der Waals surface area (Å²) in [6, 6.07) is 2.15. The second-order valence-electron chi connectivity index (χ2n) is 11.9. The standard InChI is InChI=1S/C30H42N4O8/c1-17(2)15-21(27(37)33-13-5-7-23(33)29(39)40)31-25(35)19-9-11-20(12-10-19)26(36)32-22(16-18(3)4)28(38)34-14-6-8-24(34)30(41)42/h9-12,17-18,21-24H,5-8,13-16H2,1-4H3,(H,31,35)(H,32,36)(H,39,40)(H,41,42)/t21-,22-,23-,24-/m0/s1. The van der Waals surface area contributed by atoms with Crippen LogP contribution in [-0.4, -0.2) is 92.8 Å². The predicted molar refractivity (Wildman–Crippen MR) is 153 cm³/mol. The van der Waals surface area contributed by atoms with E-state index < -0.39 is 59.7 Å². The van der Waals surface area contributed by atoms with Gasteiger partial charge < -0.3 is 30.6 Å². The van der Waals surface area contributed by atoms with Gasteiger partial charge in [-0.2, -0.15) is 0 Å². The quantitative estimate of drug-likeness (QED) is 0.288. The number of nitrogens with zero attached hydrogens (tertiary/aromatic N) is 2. The van der Waals surface area contributed by atoms with Crippen LogP contribution in [0.1, 0.15) is 86.9 Å². The maximum absolute atomic E-state index is 13.2. The molecule has 0 spiro atoms. The molecule has 0 bridgehead atoms. The predicted octanol–water partition coefficient (Wildman–Crippen LogP) is 2.13. The first-order chi connectivity index (χ1) is 19.8. The van der Waals surface area contributed by atoms with E-state index in [0.29, 0.717) is 51.6 Å². The van der Waals surface area contributed by atoms with Gasteiger partial charge in [-0.3, -0.25) is 19.2 Å². The third-order valence-electron chi connectivity index (χ3n) is 7.67. The highest BCUT2D eigenvalue weighted by Gasteiger charge is 2.39. The molecule has 4 N–H and O–H groups in total. The molecular formula is C30H42N4O8. The van der Waals surface area contributed by atoms with E-state index in [-0.39, 0.29) is 23.0 Å². The number of amides is 4. The average Bonchev–Trinajstić information content (AvgIpc) is 3.61. The molecule has 0 aromatic heterocycles. The molecule has 1 aromatic rings. The number of aliphatic carboxylic acids is 2. The summed E-state index contributed by atoms with van der Waals surface area (Å²) in [5, 5.41) is 24.5. The highest BCUT2D eigenvalue weighted by atomic mass is 16.4. The van der Waals surface area contributed by atoms with Crippen LogP contribution in [0.25, 0.3) is 0 Å². The molecule has 230 valence electrons. The molecule has 0 aliphatic carbocycles. The van der Waals surface area contributed by atoms with Crippen molar-refractivity contribution in [2.75, 3.05) is 13.1 Å². The van der Waals surface area contributed by atoms with Crippen LogP contribution < -0.4 is 10.6 Å². The fraction of sp³-hybridized carbons (Fsp3) is 0.600. The SMILES string of the molecule is CC(C)C[C@H](NC(=O)c1ccc(C(=O)N[C@@H](CC(C)C)C(=O)N2CCC[C@H]2C(=O)O)cc1)C(=O)N1CCC[C@H]1C(=O)O. The van der Waals surface area contributed by atoms with Crippen molar-refractivity contribution in [2.45, 2.75) is 90.4 Å². The summed E-state index contributed by atoms with van der Waals surface area (Å²) in [6.07, 6.45) is 2.56. The van der Waals surface area contributed by atoms with Crippen LogP contribution >= 0.6 is 0 Å². The number of carboxylic acids is 2. The van der Waals surface area contributed by atoms with Crippen LogP contribution in [0, 0.1) is 11.8 Å². The Morgan fingerprint density at radius 2 is 1.02 bits per heavy atom. The van der Waals surface area contributed by atoms with Gasteiger partial charge >= 0.3 is 11.9 Å². The van der Waals surface area contributed by atoms with E-state index in [9.17, 15) is 39.0 Å². The normalized spacial score (nSPS) is 20.0. The van der Waals surface area contributed by atoms with E-state index in [4.69, 9.17) is 0 Å². The molecule has 4 atom stereocenters. The number of nitrogens with one attached hydrogen (secondary N) is 2. The fourth-order valence-electron chi connectivity index (χ4n) is 5.62. The van der Waals surface area contributed by atoms with Crippen LogP contribution in [0.3, 0.4) is 0 Å². The van der Waals surface area contributed by atoms with Gasteiger partial charge in [-0.15, -0.1) is 0 Å². The van der Waals surface area contributed by atoms with Crippen molar-refractivity contribution >= 4 is 35.6 Å². The molecule has 0 saturated carbocycles. The van der Waals surface area contributed by atoms with Crippen LogP contribution in [0.2, 0.25) is 0 Å². The molecule has 2 heterocycles. The van der Waals surface area contributed by atoms with Crippen LogP contribution in [0.5, 0.6) is 0 Å². The van der Waals surface area contributed by atoms with Crippen molar-refractivity contribution < 1.29 is 39.0 Å². The van der Waals surface area contributed by atoms with E-state index in [0.717, 1.165) is 0 Å². The molecule has 42 heavy (non-hydrogen) atoms. The van der Waals surface area contributed by atoms with Crippen LogP contribution in [0.4, 0.5) is 0 Å². The lowest BCUT2D eigenvalue weighted by molar-refractivity contribution is -0.149. The topological polar surface area (TPSA) is 173 Å². The van der Waals surface area contributed by atoms with Gasteiger partial charge in [-0.1, -0.05) is 27.7 Å². The summed E-state index contributed by atoms with van der Waals surface area (Å²) in [6.45, 7) is 8.25. The molecule has 2 fully saturated rings. The molecular weight excluding hydrogens is 544 g/mol. The first-order valence-corrected chi connectivity index (χ1v) is 14.6. The minimum atomic E-state index is -1.07. The minimum absolute atomic E-state index is 0.0593. The molecule has 0 radical (unpaired) electrons. The molecule has 4 amide bonds. The third kappa shape index (κ3) is 8.07. The Hall–Kier alpha value is -3.96. The highest BCUT2D eigenvalue weighted by molar-refractivity contribution is 6.01. The Labute approximate surface area is 245 Å². The maximum Gasteiger partial charge on any atom is 0.326 e. The molecule has 3 rings (SSSR count). The van der Waals surface area contributed by atoms with Crippen molar-refractivity contribution in [1.82, 2.24) is 20.4 Å². The van der Waals surface area contributed by atoms with Gasteiger partial charge in [0.25, 0.3) is 11.8 Å². The summed E-state index contributed by atoms with van der Waals surface area (Å²) < 4.78 is 0. The average molecular weight is 587 g/mol. The van der Waals surface area contributed by atoms with Crippen molar-refractivity contribution in [2.24, 2.45) is 11.8 Å². The molecule has 2 aliphatic rings. The first-order valence-electron chi connectivity index (χ1n) is 14.6. The van der Waals surface area contributed by atoms with Gasteiger partial charge in [0.05, 0.1) is 0 Å². The second kappa shape index (κ2) is 14.3. The van der Waals surface area contributed by atoms with Crippen molar-refractivity contribution in [3.63, 3.8) is 0 Å². The smallest absolute Gasteiger partial charge is 0.326 e. The Balaban J connectivity index is 1.70. The van der Waals surface area contributed by atoms with Gasteiger partial charge in [0, 0.05) is 24.2 Å². The van der Waals surface area contributed by atoms with Gasteiger partial charge in [-0.25, -0.2) is 9.59 Å². The van der Waals surface area contributed by atoms with Gasteiger partial charge in [0.1, 0.15) is 24.2 Å². The number of rotatable bonds is 12. The largest absolute Gasteiger partial charge is 0.480 e. The number of hydrogen-bond donors (Lipinski definition) is 4. The van der Waals surface area contributed by atoms with E-state index in [1.54, 1.807) is 0 Å². The summed E-state index contributed by atoms with van der Waals surface area (Å²) in [7, 11) is 0. The number of hydrogen-bond acceptors (Lipinski definition) is 6. The summed E-state index contributed by atoms with van der Waals surface area (Å²) >= 11 is 0. The summed E-state index contributed by atoms with van der Waals surface area (Å²) in [4.78, 5) is 78.4. The number of carboxylic acid groups (broad SMARTS) is 2. The molecule has 2 saturated heterocycles. The van der Waals surface area contributed by atoms with Crippen LogP contribution in [0.15, 0.2) is 24.3 Å². The van der Waals surface area contributed by atoms with Gasteiger partial charge in [-0.05, 0) is 74.6 Å². The lowest BCUT2D eigenvalue weighted by atomic mass is 10.0. The zero-order valence-corrected chi connectivity index (χ0v) is 24.7. The van der Waals surface area contributed by atoms with E-state index >= 15 is 0 Å². The zero-order valence-electron chi connectivity index (χ0n) is 24.7. The minimum Gasteiger partial charge on any atom is -0.480 e. The molecule has 1 aromatic carbocycles. The van der Waals surface area contributed by atoms with Gasteiger partial charge in [0.15, 0.2) is 0 Å². The van der Waals surface area contributed by atoms with Crippen molar-refractivity contribution in [1.29, 1.82) is 0 Å². The molecule has 2 aliphatic heterocycles. The van der Waals surface area contributed by atoms with E-state index in [2.05, 4.69) is 10.6 Å². The Morgan fingerprint density at radius 1 is 0.690 bits per heavy atom. The third-order valence-corrected chi connectivity index (χ3v) is 7.67. The first kappa shape index (κ1) is 32.6. The number of benzene rings is 1. The number of likely N-dealkylation sites (tertiary alicyclic amines) is 2. The Morgan fingerprint density at radius 3 is 1.31 bits per heavy atom. The number of carbonyl (C=O) groups is 6. The summed E-state index contributed by atoms with van der Waals surface area (Å²) in [5.74, 6) is -3.94. The number of carbonyl (C=O) groups excluding carboxylic acids is 4. The lowest BCUT2D eigenvalue weighted by Gasteiger charge is -2.28. The molecule has 0 unspecified atom stereocenters.